The van der Waals surface area contributed by atoms with E-state index < -0.39 is 0 Å². The molecule has 5 rings (SSSR count). The van der Waals surface area contributed by atoms with Crippen LogP contribution in [-0.2, 0) is 5.41 Å². The summed E-state index contributed by atoms with van der Waals surface area (Å²) in [4.78, 5) is 2.83. The van der Waals surface area contributed by atoms with Crippen molar-refractivity contribution in [3.8, 4) is 5.75 Å². The predicted octanol–water partition coefficient (Wildman–Crippen LogP) is 5.03. The van der Waals surface area contributed by atoms with Crippen molar-refractivity contribution < 1.29 is 4.74 Å². The minimum absolute atomic E-state index is 0.310. The van der Waals surface area contributed by atoms with Crippen LogP contribution >= 0.6 is 11.6 Å². The monoisotopic (exact) mass is 345 g/mol. The van der Waals surface area contributed by atoms with Crippen molar-refractivity contribution in [3.63, 3.8) is 0 Å². The number of hydrogen-bond donors (Lipinski definition) is 0. The lowest BCUT2D eigenvalue weighted by Gasteiger charge is -2.56. The van der Waals surface area contributed by atoms with Crippen LogP contribution in [0, 0.1) is 11.8 Å². The standard InChI is InChI=1S/C21H28ClNO/c22-16-5-6-20-18(14-16)21(9-12-24-20)7-10-23(11-8-21)19-13-15-3-1-2-4-17(15)19/h5-6,14-15,17,19H,1-4,7-13H2/t15?,17-,19-/m1/s1. The van der Waals surface area contributed by atoms with Gasteiger partial charge < -0.3 is 9.64 Å². The molecule has 3 fully saturated rings. The molecule has 3 heteroatoms. The first-order valence-electron chi connectivity index (χ1n) is 9.92. The molecule has 4 aliphatic rings. The largest absolute Gasteiger partial charge is 0.493 e. The maximum atomic E-state index is 6.30. The van der Waals surface area contributed by atoms with Crippen LogP contribution in [0.5, 0.6) is 5.75 Å². The molecule has 24 heavy (non-hydrogen) atoms. The summed E-state index contributed by atoms with van der Waals surface area (Å²) < 4.78 is 5.91. The Bertz CT molecular complexity index is 622. The SMILES string of the molecule is Clc1ccc2c(c1)C1(CCO2)CCN([C@@H]2CC3CCCC[C@H]32)CC1. The Balaban J connectivity index is 1.32. The first-order valence-corrected chi connectivity index (χ1v) is 10.3. The molecule has 2 aliphatic carbocycles. The van der Waals surface area contributed by atoms with Gasteiger partial charge in [0.15, 0.2) is 0 Å². The van der Waals surface area contributed by atoms with Gasteiger partial charge in [0.1, 0.15) is 5.75 Å². The topological polar surface area (TPSA) is 12.5 Å². The zero-order chi connectivity index (χ0) is 16.1. The van der Waals surface area contributed by atoms with Crippen LogP contribution in [0.2, 0.25) is 5.02 Å². The fourth-order valence-corrected chi connectivity index (χ4v) is 6.25. The van der Waals surface area contributed by atoms with Crippen LogP contribution < -0.4 is 4.74 Å². The lowest BCUT2D eigenvalue weighted by molar-refractivity contribution is -0.0421. The number of nitrogens with zero attached hydrogens (tertiary/aromatic N) is 1. The maximum absolute atomic E-state index is 6.30. The fourth-order valence-electron chi connectivity index (χ4n) is 6.08. The summed E-state index contributed by atoms with van der Waals surface area (Å²) in [6.07, 6.45) is 11.1. The second kappa shape index (κ2) is 5.92. The van der Waals surface area contributed by atoms with E-state index in [-0.39, 0.29) is 0 Å². The molecule has 1 unspecified atom stereocenters. The number of benzene rings is 1. The summed E-state index contributed by atoms with van der Waals surface area (Å²) in [6.45, 7) is 3.39. The number of piperidine rings is 1. The van der Waals surface area contributed by atoms with Crippen molar-refractivity contribution >= 4 is 11.6 Å². The maximum Gasteiger partial charge on any atom is 0.123 e. The molecule has 130 valence electrons. The lowest BCUT2D eigenvalue weighted by Crippen LogP contribution is -2.57. The van der Waals surface area contributed by atoms with Gasteiger partial charge in [-0.15, -0.1) is 0 Å². The van der Waals surface area contributed by atoms with Gasteiger partial charge in [-0.1, -0.05) is 30.9 Å². The van der Waals surface area contributed by atoms with Gasteiger partial charge in [-0.25, -0.2) is 0 Å². The third-order valence-electron chi connectivity index (χ3n) is 7.58. The quantitative estimate of drug-likeness (QED) is 0.707. The average molecular weight is 346 g/mol. The van der Waals surface area contributed by atoms with E-state index in [9.17, 15) is 0 Å². The molecular weight excluding hydrogens is 318 g/mol. The molecule has 2 saturated carbocycles. The van der Waals surface area contributed by atoms with Crippen LogP contribution in [0.3, 0.4) is 0 Å². The molecule has 2 nitrogen and oxygen atoms in total. The Labute approximate surface area is 150 Å². The molecule has 0 amide bonds. The predicted molar refractivity (Wildman–Crippen MR) is 97.9 cm³/mol. The van der Waals surface area contributed by atoms with E-state index in [0.717, 1.165) is 41.7 Å². The number of hydrogen-bond acceptors (Lipinski definition) is 2. The number of rotatable bonds is 1. The number of halogens is 1. The van der Waals surface area contributed by atoms with Crippen molar-refractivity contribution in [2.45, 2.75) is 62.8 Å². The zero-order valence-electron chi connectivity index (χ0n) is 14.5. The third-order valence-corrected chi connectivity index (χ3v) is 7.82. The van der Waals surface area contributed by atoms with Crippen molar-refractivity contribution in [3.05, 3.63) is 28.8 Å². The Kier molecular flexibility index (Phi) is 3.83. The van der Waals surface area contributed by atoms with E-state index in [1.807, 2.05) is 6.07 Å². The van der Waals surface area contributed by atoms with Crippen LogP contribution in [0.4, 0.5) is 0 Å². The highest BCUT2D eigenvalue weighted by atomic mass is 35.5. The van der Waals surface area contributed by atoms with Crippen molar-refractivity contribution in [2.24, 2.45) is 11.8 Å². The molecule has 0 bridgehead atoms. The molecule has 1 aromatic rings. The summed E-state index contributed by atoms with van der Waals surface area (Å²) in [6, 6.07) is 7.10. The van der Waals surface area contributed by atoms with E-state index in [2.05, 4.69) is 17.0 Å². The van der Waals surface area contributed by atoms with E-state index >= 15 is 0 Å². The second-order valence-electron chi connectivity index (χ2n) is 8.57. The first-order chi connectivity index (χ1) is 11.8. The van der Waals surface area contributed by atoms with Crippen LogP contribution in [0.25, 0.3) is 0 Å². The summed E-state index contributed by atoms with van der Waals surface area (Å²) in [5, 5.41) is 0.852. The minimum atomic E-state index is 0.310. The summed E-state index contributed by atoms with van der Waals surface area (Å²) in [5.41, 5.74) is 1.69. The molecule has 1 aromatic carbocycles. The van der Waals surface area contributed by atoms with Gasteiger partial charge in [0, 0.05) is 22.0 Å². The highest BCUT2D eigenvalue weighted by Crippen LogP contribution is 2.51. The Hall–Kier alpha value is -0.730. The molecule has 0 aromatic heterocycles. The van der Waals surface area contributed by atoms with Crippen LogP contribution in [0.1, 0.15) is 56.9 Å². The van der Waals surface area contributed by atoms with E-state index in [4.69, 9.17) is 16.3 Å². The van der Waals surface area contributed by atoms with Gasteiger partial charge in [-0.2, -0.15) is 0 Å². The zero-order valence-corrected chi connectivity index (χ0v) is 15.2. The van der Waals surface area contributed by atoms with Gasteiger partial charge in [-0.05, 0) is 75.2 Å². The van der Waals surface area contributed by atoms with Crippen LogP contribution in [0.15, 0.2) is 18.2 Å². The summed E-state index contributed by atoms with van der Waals surface area (Å²) in [7, 11) is 0. The first kappa shape index (κ1) is 15.5. The van der Waals surface area contributed by atoms with E-state index in [1.54, 1.807) is 0 Å². The number of likely N-dealkylation sites (tertiary alicyclic amines) is 1. The highest BCUT2D eigenvalue weighted by Gasteiger charge is 2.48. The Morgan fingerprint density at radius 1 is 1.08 bits per heavy atom. The molecular formula is C21H28ClNO. The van der Waals surface area contributed by atoms with Crippen molar-refractivity contribution in [1.82, 2.24) is 4.90 Å². The molecule has 1 spiro atoms. The molecule has 0 radical (unpaired) electrons. The summed E-state index contributed by atoms with van der Waals surface area (Å²) >= 11 is 6.30. The van der Waals surface area contributed by atoms with Gasteiger partial charge in [-0.3, -0.25) is 0 Å². The highest BCUT2D eigenvalue weighted by molar-refractivity contribution is 6.30. The minimum Gasteiger partial charge on any atom is -0.493 e. The normalized spacial score (nSPS) is 34.8. The van der Waals surface area contributed by atoms with Crippen LogP contribution in [-0.4, -0.2) is 30.6 Å². The molecule has 2 heterocycles. The summed E-state index contributed by atoms with van der Waals surface area (Å²) in [5.74, 6) is 3.15. The van der Waals surface area contributed by atoms with Gasteiger partial charge >= 0.3 is 0 Å². The van der Waals surface area contributed by atoms with Gasteiger partial charge in [0.25, 0.3) is 0 Å². The smallest absolute Gasteiger partial charge is 0.123 e. The van der Waals surface area contributed by atoms with Crippen molar-refractivity contribution in [2.75, 3.05) is 19.7 Å². The van der Waals surface area contributed by atoms with E-state index in [1.165, 1.54) is 63.6 Å². The van der Waals surface area contributed by atoms with Gasteiger partial charge in [0.05, 0.1) is 6.61 Å². The van der Waals surface area contributed by atoms with Crippen molar-refractivity contribution in [1.29, 1.82) is 0 Å². The van der Waals surface area contributed by atoms with E-state index in [0.29, 0.717) is 5.41 Å². The number of fused-ring (bicyclic) bond motifs is 3. The number of ether oxygens (including phenoxy) is 1. The lowest BCUT2D eigenvalue weighted by atomic mass is 9.60. The fraction of sp³-hybridized carbons (Fsp3) is 0.714. The molecule has 3 atom stereocenters. The average Bonchev–Trinajstić information content (AvgIpc) is 2.59. The Morgan fingerprint density at radius 2 is 1.92 bits per heavy atom. The molecule has 1 saturated heterocycles. The molecule has 0 N–H and O–H groups in total. The Morgan fingerprint density at radius 3 is 2.75 bits per heavy atom. The molecule has 2 aliphatic heterocycles. The van der Waals surface area contributed by atoms with Gasteiger partial charge in [0.2, 0.25) is 0 Å². The third kappa shape index (κ3) is 2.41. The second-order valence-corrected chi connectivity index (χ2v) is 9.00.